The molecular formula is C24H20N2O2S. The number of ether oxygens (including phenoxy) is 1. The number of para-hydroxylation sites is 1. The number of carbonyl (C=O) groups is 1. The van der Waals surface area contributed by atoms with Crippen molar-refractivity contribution in [3.63, 3.8) is 0 Å². The molecule has 0 aliphatic rings. The second kappa shape index (κ2) is 9.17. The summed E-state index contributed by atoms with van der Waals surface area (Å²) in [6.07, 6.45) is 0.758. The van der Waals surface area contributed by atoms with E-state index in [1.165, 1.54) is 16.9 Å². The Bertz CT molecular complexity index is 1080. The monoisotopic (exact) mass is 400 g/mol. The van der Waals surface area contributed by atoms with Crippen LogP contribution in [-0.2, 0) is 13.0 Å². The van der Waals surface area contributed by atoms with E-state index >= 15 is 0 Å². The fraction of sp³-hybridized carbons (Fsp3) is 0.0833. The lowest BCUT2D eigenvalue weighted by atomic mass is 10.0. The number of nitrogens with zero attached hydrogens (tertiary/aromatic N) is 1. The van der Waals surface area contributed by atoms with Gasteiger partial charge in [0.05, 0.1) is 11.2 Å². The molecule has 4 aromatic rings. The molecule has 0 aliphatic heterocycles. The zero-order valence-corrected chi connectivity index (χ0v) is 16.6. The molecule has 0 radical (unpaired) electrons. The molecule has 0 unspecified atom stereocenters. The first-order valence-electron chi connectivity index (χ1n) is 9.31. The number of rotatable bonds is 7. The molecule has 0 spiro atoms. The van der Waals surface area contributed by atoms with E-state index in [0.717, 1.165) is 23.4 Å². The standard InChI is InChI=1S/C24H20N2O2S/c27-24(20-10-6-11-22(14-20)28-15-21-16-29-17-25-21)26-23-12-5-4-9-19(23)13-18-7-2-1-3-8-18/h1-12,14,16-17H,13,15H2,(H,26,27). The van der Waals surface area contributed by atoms with Gasteiger partial charge in [-0.15, -0.1) is 11.3 Å². The summed E-state index contributed by atoms with van der Waals surface area (Å²) in [5.41, 5.74) is 6.29. The molecule has 144 valence electrons. The van der Waals surface area contributed by atoms with Crippen molar-refractivity contribution in [3.8, 4) is 5.75 Å². The molecule has 0 atom stereocenters. The Morgan fingerprint density at radius 3 is 2.62 bits per heavy atom. The first-order chi connectivity index (χ1) is 14.3. The van der Waals surface area contributed by atoms with Crippen LogP contribution < -0.4 is 10.1 Å². The van der Waals surface area contributed by atoms with Gasteiger partial charge in [-0.3, -0.25) is 4.79 Å². The molecular weight excluding hydrogens is 380 g/mol. The Morgan fingerprint density at radius 1 is 0.966 bits per heavy atom. The van der Waals surface area contributed by atoms with Gasteiger partial charge in [0, 0.05) is 16.6 Å². The smallest absolute Gasteiger partial charge is 0.255 e. The van der Waals surface area contributed by atoms with Crippen LogP contribution in [0.5, 0.6) is 5.75 Å². The molecule has 0 bridgehead atoms. The second-order valence-corrected chi connectivity index (χ2v) is 7.29. The molecule has 29 heavy (non-hydrogen) atoms. The first kappa shape index (κ1) is 18.9. The summed E-state index contributed by atoms with van der Waals surface area (Å²) in [5, 5.41) is 4.98. The Hall–Kier alpha value is -3.44. The molecule has 0 aliphatic carbocycles. The quantitative estimate of drug-likeness (QED) is 0.441. The predicted molar refractivity (Wildman–Crippen MR) is 117 cm³/mol. The minimum atomic E-state index is -0.162. The highest BCUT2D eigenvalue weighted by Crippen LogP contribution is 2.21. The Morgan fingerprint density at radius 2 is 1.79 bits per heavy atom. The van der Waals surface area contributed by atoms with Crippen LogP contribution in [0.2, 0.25) is 0 Å². The number of nitrogens with one attached hydrogen (secondary N) is 1. The summed E-state index contributed by atoms with van der Waals surface area (Å²) in [6, 6.07) is 25.3. The number of amides is 1. The minimum absolute atomic E-state index is 0.162. The molecule has 1 N–H and O–H groups in total. The number of aromatic nitrogens is 1. The highest BCUT2D eigenvalue weighted by molar-refractivity contribution is 7.07. The van der Waals surface area contributed by atoms with Crippen molar-refractivity contribution in [3.05, 3.63) is 112 Å². The second-order valence-electron chi connectivity index (χ2n) is 6.57. The molecule has 3 aromatic carbocycles. The van der Waals surface area contributed by atoms with Crippen LogP contribution in [0.1, 0.15) is 27.2 Å². The lowest BCUT2D eigenvalue weighted by Crippen LogP contribution is -2.13. The number of hydrogen-bond acceptors (Lipinski definition) is 4. The molecule has 5 heteroatoms. The van der Waals surface area contributed by atoms with Gasteiger partial charge in [0.1, 0.15) is 12.4 Å². The first-order valence-corrected chi connectivity index (χ1v) is 10.3. The molecule has 0 saturated heterocycles. The summed E-state index contributed by atoms with van der Waals surface area (Å²) in [6.45, 7) is 0.383. The molecule has 4 nitrogen and oxygen atoms in total. The zero-order chi connectivity index (χ0) is 19.9. The summed E-state index contributed by atoms with van der Waals surface area (Å²) in [7, 11) is 0. The van der Waals surface area contributed by atoms with Crippen LogP contribution in [0.4, 0.5) is 5.69 Å². The molecule has 1 aromatic heterocycles. The van der Waals surface area contributed by atoms with E-state index in [0.29, 0.717) is 17.9 Å². The van der Waals surface area contributed by atoms with Gasteiger partial charge in [0.25, 0.3) is 5.91 Å². The largest absolute Gasteiger partial charge is 0.487 e. The SMILES string of the molecule is O=C(Nc1ccccc1Cc1ccccc1)c1cccc(OCc2cscn2)c1. The Labute approximate surface area is 173 Å². The third-order valence-corrected chi connectivity index (χ3v) is 5.10. The molecule has 4 rings (SSSR count). The Balaban J connectivity index is 1.46. The summed E-state index contributed by atoms with van der Waals surface area (Å²) >= 11 is 1.53. The predicted octanol–water partition coefficient (Wildman–Crippen LogP) is 5.57. The van der Waals surface area contributed by atoms with Crippen molar-refractivity contribution in [2.45, 2.75) is 13.0 Å². The van der Waals surface area contributed by atoms with Crippen LogP contribution in [-0.4, -0.2) is 10.9 Å². The van der Waals surface area contributed by atoms with Gasteiger partial charge in [-0.2, -0.15) is 0 Å². The van der Waals surface area contributed by atoms with Gasteiger partial charge < -0.3 is 10.1 Å². The fourth-order valence-electron chi connectivity index (χ4n) is 3.00. The van der Waals surface area contributed by atoms with Gasteiger partial charge in [-0.05, 0) is 41.8 Å². The normalized spacial score (nSPS) is 10.5. The van der Waals surface area contributed by atoms with Crippen LogP contribution in [0, 0.1) is 0 Å². The molecule has 1 amide bonds. The van der Waals surface area contributed by atoms with Crippen molar-refractivity contribution in [1.82, 2.24) is 4.98 Å². The average molecular weight is 401 g/mol. The minimum Gasteiger partial charge on any atom is -0.487 e. The summed E-state index contributed by atoms with van der Waals surface area (Å²) < 4.78 is 5.76. The van der Waals surface area contributed by atoms with Crippen molar-refractivity contribution in [2.24, 2.45) is 0 Å². The van der Waals surface area contributed by atoms with Crippen molar-refractivity contribution in [2.75, 3.05) is 5.32 Å². The topological polar surface area (TPSA) is 51.2 Å². The van der Waals surface area contributed by atoms with Crippen LogP contribution in [0.25, 0.3) is 0 Å². The average Bonchev–Trinajstić information content (AvgIpc) is 3.28. The van der Waals surface area contributed by atoms with E-state index in [2.05, 4.69) is 22.4 Å². The van der Waals surface area contributed by atoms with E-state index in [1.54, 1.807) is 17.6 Å². The van der Waals surface area contributed by atoms with Gasteiger partial charge in [-0.25, -0.2) is 4.98 Å². The third kappa shape index (κ3) is 5.09. The van der Waals surface area contributed by atoms with Crippen molar-refractivity contribution < 1.29 is 9.53 Å². The number of carbonyl (C=O) groups excluding carboxylic acids is 1. The van der Waals surface area contributed by atoms with Crippen LogP contribution in [0.15, 0.2) is 89.8 Å². The van der Waals surface area contributed by atoms with Gasteiger partial charge >= 0.3 is 0 Å². The lowest BCUT2D eigenvalue weighted by Gasteiger charge is -2.12. The number of anilines is 1. The van der Waals surface area contributed by atoms with E-state index in [-0.39, 0.29) is 5.91 Å². The van der Waals surface area contributed by atoms with E-state index < -0.39 is 0 Å². The summed E-state index contributed by atoms with van der Waals surface area (Å²) in [5.74, 6) is 0.479. The Kier molecular flexibility index (Phi) is 5.98. The highest BCUT2D eigenvalue weighted by atomic mass is 32.1. The maximum absolute atomic E-state index is 12.8. The number of hydrogen-bond donors (Lipinski definition) is 1. The third-order valence-electron chi connectivity index (χ3n) is 4.47. The number of benzene rings is 3. The van der Waals surface area contributed by atoms with E-state index in [1.807, 2.05) is 60.0 Å². The van der Waals surface area contributed by atoms with Gasteiger partial charge in [-0.1, -0.05) is 54.6 Å². The van der Waals surface area contributed by atoms with Crippen LogP contribution in [0.3, 0.4) is 0 Å². The maximum Gasteiger partial charge on any atom is 0.255 e. The van der Waals surface area contributed by atoms with E-state index in [9.17, 15) is 4.79 Å². The molecule has 0 saturated carbocycles. The molecule has 0 fully saturated rings. The lowest BCUT2D eigenvalue weighted by molar-refractivity contribution is 0.102. The van der Waals surface area contributed by atoms with E-state index in [4.69, 9.17) is 4.74 Å². The fourth-order valence-corrected chi connectivity index (χ4v) is 3.54. The van der Waals surface area contributed by atoms with Gasteiger partial charge in [0.2, 0.25) is 0 Å². The van der Waals surface area contributed by atoms with Crippen molar-refractivity contribution >= 4 is 22.9 Å². The highest BCUT2D eigenvalue weighted by Gasteiger charge is 2.11. The van der Waals surface area contributed by atoms with Gasteiger partial charge in [0.15, 0.2) is 0 Å². The maximum atomic E-state index is 12.8. The van der Waals surface area contributed by atoms with Crippen LogP contribution >= 0.6 is 11.3 Å². The van der Waals surface area contributed by atoms with Crippen molar-refractivity contribution in [1.29, 1.82) is 0 Å². The zero-order valence-electron chi connectivity index (χ0n) is 15.7. The molecule has 1 heterocycles. The summed E-state index contributed by atoms with van der Waals surface area (Å²) in [4.78, 5) is 17.0. The number of thiazole rings is 1.